The lowest BCUT2D eigenvalue weighted by Crippen LogP contribution is -3.00. The van der Waals surface area contributed by atoms with Gasteiger partial charge in [0.2, 0.25) is 0 Å². The molecule has 3 rings (SSSR count). The van der Waals surface area contributed by atoms with Crippen molar-refractivity contribution in [1.29, 1.82) is 0 Å². The Morgan fingerprint density at radius 3 is 1.32 bits per heavy atom. The average molecular weight is 311 g/mol. The van der Waals surface area contributed by atoms with Crippen molar-refractivity contribution >= 4 is 18.9 Å². The molecule has 0 amide bonds. The van der Waals surface area contributed by atoms with Crippen LogP contribution in [0.15, 0.2) is 60.7 Å². The molecule has 0 unspecified atom stereocenters. The largest absolute Gasteiger partial charge is 1.00 e. The van der Waals surface area contributed by atoms with Gasteiger partial charge < -0.3 is 14.5 Å². The molecule has 0 bridgehead atoms. The number of anilines is 2. The van der Waals surface area contributed by atoms with Crippen LogP contribution in [0.25, 0.3) is 0 Å². The van der Waals surface area contributed by atoms with Crippen LogP contribution in [0, 0.1) is 0 Å². The van der Waals surface area contributed by atoms with Gasteiger partial charge in [-0.15, -0.1) is 0 Å². The zero-order chi connectivity index (χ0) is 15.1. The zero-order valence-electron chi connectivity index (χ0n) is 11.9. The van der Waals surface area contributed by atoms with Crippen LogP contribution < -0.4 is 14.5 Å². The fourth-order valence-corrected chi connectivity index (χ4v) is 2.29. The molecule has 0 aromatic heterocycles. The molecule has 1 fully saturated rings. The summed E-state index contributed by atoms with van der Waals surface area (Å²) < 4.78 is 29.0. The van der Waals surface area contributed by atoms with Crippen molar-refractivity contribution in [3.8, 4) is 0 Å². The fourth-order valence-electron chi connectivity index (χ4n) is 2.29. The SMILES string of the molecule is FB(F)F.[F-].c1ccc(N2CCN(c3ccccc3)C2)cc1. The molecule has 0 saturated carbocycles. The Kier molecular flexibility index (Phi) is 7.29. The quantitative estimate of drug-likeness (QED) is 0.599. The highest BCUT2D eigenvalue weighted by Crippen LogP contribution is 2.22. The minimum Gasteiger partial charge on any atom is -1.00 e. The summed E-state index contributed by atoms with van der Waals surface area (Å²) in [6.07, 6.45) is 0. The lowest BCUT2D eigenvalue weighted by molar-refractivity contribution is -0.00000693. The van der Waals surface area contributed by atoms with Crippen molar-refractivity contribution in [2.45, 2.75) is 0 Å². The van der Waals surface area contributed by atoms with Gasteiger partial charge in [-0.05, 0) is 24.3 Å². The smallest absolute Gasteiger partial charge is 0.762 e. The van der Waals surface area contributed by atoms with Gasteiger partial charge in [-0.1, -0.05) is 36.4 Å². The van der Waals surface area contributed by atoms with Crippen LogP contribution in [-0.2, 0) is 0 Å². The first-order valence-corrected chi connectivity index (χ1v) is 6.69. The second-order valence-electron chi connectivity index (χ2n) is 4.59. The topological polar surface area (TPSA) is 6.48 Å². The van der Waals surface area contributed by atoms with E-state index in [4.69, 9.17) is 0 Å². The van der Waals surface area contributed by atoms with Crippen molar-refractivity contribution in [1.82, 2.24) is 0 Å². The first-order valence-electron chi connectivity index (χ1n) is 6.69. The molecular formula is C15H16BF4N2-. The first-order chi connectivity index (χ1) is 10.2. The van der Waals surface area contributed by atoms with E-state index in [9.17, 15) is 12.9 Å². The molecule has 1 heterocycles. The highest BCUT2D eigenvalue weighted by atomic mass is 19.4. The van der Waals surface area contributed by atoms with Gasteiger partial charge >= 0.3 is 7.54 Å². The lowest BCUT2D eigenvalue weighted by Gasteiger charge is -2.21. The molecule has 0 atom stereocenters. The van der Waals surface area contributed by atoms with Gasteiger partial charge in [0.05, 0.1) is 6.67 Å². The Bertz CT molecular complexity index is 479. The normalized spacial score (nSPS) is 13.0. The van der Waals surface area contributed by atoms with E-state index in [1.807, 2.05) is 0 Å². The minimum absolute atomic E-state index is 0. The van der Waals surface area contributed by atoms with E-state index >= 15 is 0 Å². The van der Waals surface area contributed by atoms with E-state index in [0.717, 1.165) is 19.8 Å². The molecule has 2 nitrogen and oxygen atoms in total. The van der Waals surface area contributed by atoms with Crippen LogP contribution in [0.3, 0.4) is 0 Å². The number of nitrogens with zero attached hydrogens (tertiary/aromatic N) is 2. The summed E-state index contributed by atoms with van der Waals surface area (Å²) in [5.74, 6) is 0. The number of para-hydroxylation sites is 2. The van der Waals surface area contributed by atoms with E-state index in [2.05, 4.69) is 70.5 Å². The van der Waals surface area contributed by atoms with Crippen molar-refractivity contribution in [3.05, 3.63) is 60.7 Å². The van der Waals surface area contributed by atoms with Crippen LogP contribution in [0.4, 0.5) is 24.3 Å². The molecule has 0 N–H and O–H groups in total. The molecular weight excluding hydrogens is 295 g/mol. The van der Waals surface area contributed by atoms with E-state index in [1.54, 1.807) is 0 Å². The Balaban J connectivity index is 0.000000436. The van der Waals surface area contributed by atoms with Crippen molar-refractivity contribution in [2.75, 3.05) is 29.6 Å². The molecule has 2 aromatic carbocycles. The Morgan fingerprint density at radius 1 is 0.682 bits per heavy atom. The molecule has 1 saturated heterocycles. The molecule has 22 heavy (non-hydrogen) atoms. The Hall–Kier alpha value is -2.18. The molecule has 0 spiro atoms. The maximum absolute atomic E-state index is 9.67. The lowest BCUT2D eigenvalue weighted by atomic mass is 10.3. The second kappa shape index (κ2) is 8.97. The highest BCUT2D eigenvalue weighted by molar-refractivity contribution is 6.33. The minimum atomic E-state index is -3.67. The van der Waals surface area contributed by atoms with Crippen molar-refractivity contribution in [3.63, 3.8) is 0 Å². The number of benzene rings is 2. The van der Waals surface area contributed by atoms with E-state index in [0.29, 0.717) is 0 Å². The summed E-state index contributed by atoms with van der Waals surface area (Å²) in [5.41, 5.74) is 2.62. The van der Waals surface area contributed by atoms with Gasteiger partial charge in [-0.3, -0.25) is 12.9 Å². The second-order valence-corrected chi connectivity index (χ2v) is 4.59. The van der Waals surface area contributed by atoms with E-state index in [-0.39, 0.29) is 4.70 Å². The number of hydrogen-bond donors (Lipinski definition) is 0. The summed E-state index contributed by atoms with van der Waals surface area (Å²) in [5, 5.41) is 0. The van der Waals surface area contributed by atoms with Crippen LogP contribution in [0.5, 0.6) is 0 Å². The maximum atomic E-state index is 9.67. The summed E-state index contributed by atoms with van der Waals surface area (Å²) in [4.78, 5) is 4.82. The maximum Gasteiger partial charge on any atom is 0.762 e. The van der Waals surface area contributed by atoms with Crippen molar-refractivity contribution < 1.29 is 17.7 Å². The number of rotatable bonds is 2. The van der Waals surface area contributed by atoms with Crippen molar-refractivity contribution in [2.24, 2.45) is 0 Å². The highest BCUT2D eigenvalue weighted by Gasteiger charge is 2.19. The molecule has 0 aliphatic carbocycles. The van der Waals surface area contributed by atoms with Gasteiger partial charge in [0.25, 0.3) is 0 Å². The predicted octanol–water partition coefficient (Wildman–Crippen LogP) is 0.854. The molecule has 1 aliphatic rings. The van der Waals surface area contributed by atoms with Gasteiger partial charge in [0, 0.05) is 24.5 Å². The standard InChI is InChI=1S/C15H16N2.BF3.FH/c1-3-7-14(8-4-1)16-11-12-17(13-16)15-9-5-2-6-10-15;2-1(3)4;/h1-10H,11-13H2;;1H/p-1. The van der Waals surface area contributed by atoms with Gasteiger partial charge in [-0.2, -0.15) is 0 Å². The average Bonchev–Trinajstić information content (AvgIpc) is 2.98. The first kappa shape index (κ1) is 17.9. The number of halogens is 4. The third kappa shape index (κ3) is 5.31. The van der Waals surface area contributed by atoms with Gasteiger partial charge in [0.15, 0.2) is 0 Å². The van der Waals surface area contributed by atoms with Crippen LogP contribution >= 0.6 is 0 Å². The zero-order valence-corrected chi connectivity index (χ0v) is 11.9. The third-order valence-electron chi connectivity index (χ3n) is 3.22. The molecule has 7 heteroatoms. The molecule has 2 aromatic rings. The van der Waals surface area contributed by atoms with Crippen LogP contribution in [0.2, 0.25) is 0 Å². The van der Waals surface area contributed by atoms with Gasteiger partial charge in [0.1, 0.15) is 0 Å². The molecule has 0 radical (unpaired) electrons. The van der Waals surface area contributed by atoms with E-state index < -0.39 is 7.54 Å². The van der Waals surface area contributed by atoms with Crippen LogP contribution in [0.1, 0.15) is 0 Å². The number of hydrogen-bond acceptors (Lipinski definition) is 2. The monoisotopic (exact) mass is 311 g/mol. The molecule has 1 aliphatic heterocycles. The summed E-state index contributed by atoms with van der Waals surface area (Å²) >= 11 is 0. The predicted molar refractivity (Wildman–Crippen MR) is 81.5 cm³/mol. The summed E-state index contributed by atoms with van der Waals surface area (Å²) in [6, 6.07) is 21.2. The van der Waals surface area contributed by atoms with E-state index in [1.165, 1.54) is 11.4 Å². The van der Waals surface area contributed by atoms with Crippen LogP contribution in [-0.4, -0.2) is 27.3 Å². The Labute approximate surface area is 127 Å². The molecule has 118 valence electrons. The summed E-state index contributed by atoms with van der Waals surface area (Å²) in [7, 11) is -3.67. The van der Waals surface area contributed by atoms with Gasteiger partial charge in [-0.25, -0.2) is 0 Å². The summed E-state index contributed by atoms with van der Waals surface area (Å²) in [6.45, 7) is 3.17. The Morgan fingerprint density at radius 2 is 1.00 bits per heavy atom. The fraction of sp³-hybridized carbons (Fsp3) is 0.200. The third-order valence-corrected chi connectivity index (χ3v) is 3.22.